The van der Waals surface area contributed by atoms with Gasteiger partial charge in [-0.25, -0.2) is 0 Å². The van der Waals surface area contributed by atoms with Crippen molar-refractivity contribution in [3.8, 4) is 0 Å². The van der Waals surface area contributed by atoms with Crippen LogP contribution in [0.5, 0.6) is 0 Å². The molecule has 18 heavy (non-hydrogen) atoms. The molecule has 0 bridgehead atoms. The molecule has 0 aliphatic heterocycles. The Hall–Kier alpha value is -0.000000000000000111. The van der Waals surface area contributed by atoms with Gasteiger partial charge in [0.25, 0.3) is 5.91 Å². The van der Waals surface area contributed by atoms with Crippen LogP contribution in [0, 0.1) is 0 Å². The molecule has 1 aromatic rings. The van der Waals surface area contributed by atoms with Gasteiger partial charge in [0.05, 0.1) is 5.56 Å². The minimum atomic E-state index is 0.0149. The first kappa shape index (κ1) is 14.4. The van der Waals surface area contributed by atoms with Crippen LogP contribution in [0.1, 0.15) is 29.6 Å². The van der Waals surface area contributed by atoms with Gasteiger partial charge in [-0.2, -0.15) is 11.8 Å². The molecule has 0 saturated heterocycles. The Morgan fingerprint density at radius 1 is 1.39 bits per heavy atom. The van der Waals surface area contributed by atoms with Gasteiger partial charge in [0.2, 0.25) is 0 Å². The molecule has 0 heterocycles. The highest BCUT2D eigenvalue weighted by atomic mass is 79.9. The number of carbonyl (C=O) groups excluding carboxylic acids is 1. The van der Waals surface area contributed by atoms with Gasteiger partial charge < -0.3 is 5.32 Å². The number of halogens is 2. The maximum absolute atomic E-state index is 12.2. The second kappa shape index (κ2) is 6.44. The van der Waals surface area contributed by atoms with Gasteiger partial charge in [-0.1, -0.05) is 15.9 Å². The van der Waals surface area contributed by atoms with Crippen molar-refractivity contribution in [3.05, 3.63) is 32.7 Å². The number of hydrogen-bond acceptors (Lipinski definition) is 2. The maximum Gasteiger partial charge on any atom is 0.252 e. The van der Waals surface area contributed by atoms with Gasteiger partial charge in [0, 0.05) is 20.2 Å². The number of benzene rings is 1. The lowest BCUT2D eigenvalue weighted by molar-refractivity contribution is 0.0937. The zero-order valence-corrected chi connectivity index (χ0v) is 14.1. The quantitative estimate of drug-likeness (QED) is 0.833. The predicted molar refractivity (Wildman–Crippen MR) is 84.3 cm³/mol. The number of hydrogen-bond donors (Lipinski definition) is 1. The largest absolute Gasteiger partial charge is 0.349 e. The van der Waals surface area contributed by atoms with Crippen LogP contribution in [0.15, 0.2) is 27.1 Å². The van der Waals surface area contributed by atoms with Crippen LogP contribution in [0.25, 0.3) is 0 Å². The smallest absolute Gasteiger partial charge is 0.252 e. The first-order valence-corrected chi connectivity index (χ1v) is 8.76. The molecule has 1 fully saturated rings. The molecule has 1 N–H and O–H groups in total. The van der Waals surface area contributed by atoms with E-state index in [1.165, 1.54) is 6.42 Å². The SMILES string of the molecule is CSC1CCC(NC(=O)c2ccc(Br)cc2Br)C1. The first-order chi connectivity index (χ1) is 8.60. The summed E-state index contributed by atoms with van der Waals surface area (Å²) in [6, 6.07) is 5.95. The van der Waals surface area contributed by atoms with Crippen molar-refractivity contribution in [3.63, 3.8) is 0 Å². The van der Waals surface area contributed by atoms with Crippen LogP contribution in [0.3, 0.4) is 0 Å². The van der Waals surface area contributed by atoms with Crippen LogP contribution in [0.2, 0.25) is 0 Å². The molecular formula is C13H15Br2NOS. The summed E-state index contributed by atoms with van der Waals surface area (Å²) in [5.74, 6) is 0.0149. The zero-order valence-electron chi connectivity index (χ0n) is 10.1. The Morgan fingerprint density at radius 3 is 2.78 bits per heavy atom. The van der Waals surface area contributed by atoms with E-state index in [1.54, 1.807) is 0 Å². The second-order valence-electron chi connectivity index (χ2n) is 4.47. The lowest BCUT2D eigenvalue weighted by atomic mass is 10.2. The molecule has 2 atom stereocenters. The van der Waals surface area contributed by atoms with E-state index in [0.29, 0.717) is 16.9 Å². The average molecular weight is 393 g/mol. The summed E-state index contributed by atoms with van der Waals surface area (Å²) in [6.45, 7) is 0. The Balaban J connectivity index is 2.00. The molecule has 0 aromatic heterocycles. The van der Waals surface area contributed by atoms with Crippen molar-refractivity contribution in [2.45, 2.75) is 30.6 Å². The van der Waals surface area contributed by atoms with E-state index in [4.69, 9.17) is 0 Å². The number of thioether (sulfide) groups is 1. The molecule has 1 aliphatic rings. The van der Waals surface area contributed by atoms with Crippen molar-refractivity contribution in [2.24, 2.45) is 0 Å². The van der Waals surface area contributed by atoms with Crippen LogP contribution in [-0.2, 0) is 0 Å². The lowest BCUT2D eigenvalue weighted by Gasteiger charge is -2.13. The fraction of sp³-hybridized carbons (Fsp3) is 0.462. The summed E-state index contributed by atoms with van der Waals surface area (Å²) in [5.41, 5.74) is 0.700. The third-order valence-electron chi connectivity index (χ3n) is 3.23. The molecule has 0 radical (unpaired) electrons. The van der Waals surface area contributed by atoms with Crippen molar-refractivity contribution in [1.29, 1.82) is 0 Å². The Morgan fingerprint density at radius 2 is 2.17 bits per heavy atom. The molecule has 2 nitrogen and oxygen atoms in total. The predicted octanol–water partition coefficient (Wildman–Crippen LogP) is 4.23. The Kier molecular flexibility index (Phi) is 5.15. The molecule has 0 spiro atoms. The first-order valence-electron chi connectivity index (χ1n) is 5.89. The maximum atomic E-state index is 12.2. The summed E-state index contributed by atoms with van der Waals surface area (Å²) in [4.78, 5) is 12.2. The van der Waals surface area contributed by atoms with Gasteiger partial charge >= 0.3 is 0 Å². The standard InChI is InChI=1S/C13H15Br2NOS/c1-18-10-4-3-9(7-10)16-13(17)11-5-2-8(14)6-12(11)15/h2,5-6,9-10H,3-4,7H2,1H3,(H,16,17). The summed E-state index contributed by atoms with van der Waals surface area (Å²) in [6.07, 6.45) is 5.51. The Bertz CT molecular complexity index is 453. The summed E-state index contributed by atoms with van der Waals surface area (Å²) >= 11 is 8.71. The second-order valence-corrected chi connectivity index (χ2v) is 7.37. The normalized spacial score (nSPS) is 23.1. The van der Waals surface area contributed by atoms with Crippen molar-refractivity contribution >= 4 is 49.5 Å². The zero-order chi connectivity index (χ0) is 13.1. The van der Waals surface area contributed by atoms with E-state index in [2.05, 4.69) is 43.4 Å². The van der Waals surface area contributed by atoms with E-state index in [9.17, 15) is 4.79 Å². The van der Waals surface area contributed by atoms with Gasteiger partial charge in [-0.15, -0.1) is 0 Å². The van der Waals surface area contributed by atoms with E-state index < -0.39 is 0 Å². The van der Waals surface area contributed by atoms with E-state index in [0.717, 1.165) is 21.8 Å². The highest BCUT2D eigenvalue weighted by molar-refractivity contribution is 9.11. The van der Waals surface area contributed by atoms with E-state index >= 15 is 0 Å². The average Bonchev–Trinajstić information content (AvgIpc) is 2.76. The highest BCUT2D eigenvalue weighted by Crippen LogP contribution is 2.29. The van der Waals surface area contributed by atoms with Gasteiger partial charge in [-0.3, -0.25) is 4.79 Å². The van der Waals surface area contributed by atoms with E-state index in [1.807, 2.05) is 30.0 Å². The highest BCUT2D eigenvalue weighted by Gasteiger charge is 2.25. The molecule has 1 aromatic carbocycles. The molecule has 1 saturated carbocycles. The number of rotatable bonds is 3. The molecule has 98 valence electrons. The van der Waals surface area contributed by atoms with Gasteiger partial charge in [0.1, 0.15) is 0 Å². The monoisotopic (exact) mass is 391 g/mol. The number of carbonyl (C=O) groups is 1. The fourth-order valence-corrected chi connectivity index (χ4v) is 4.25. The molecule has 1 amide bonds. The lowest BCUT2D eigenvalue weighted by Crippen LogP contribution is -2.33. The minimum absolute atomic E-state index is 0.0149. The minimum Gasteiger partial charge on any atom is -0.349 e. The molecule has 5 heteroatoms. The Labute approximate surface area is 129 Å². The summed E-state index contributed by atoms with van der Waals surface area (Å²) in [7, 11) is 0. The number of nitrogens with one attached hydrogen (secondary N) is 1. The fourth-order valence-electron chi connectivity index (χ4n) is 2.22. The number of amides is 1. The molecule has 2 unspecified atom stereocenters. The third kappa shape index (κ3) is 3.52. The third-order valence-corrected chi connectivity index (χ3v) is 5.47. The topological polar surface area (TPSA) is 29.1 Å². The van der Waals surface area contributed by atoms with Crippen molar-refractivity contribution in [2.75, 3.05) is 6.26 Å². The van der Waals surface area contributed by atoms with Gasteiger partial charge in [-0.05, 0) is 59.6 Å². The molecular weight excluding hydrogens is 378 g/mol. The van der Waals surface area contributed by atoms with Crippen LogP contribution >= 0.6 is 43.6 Å². The van der Waals surface area contributed by atoms with Crippen molar-refractivity contribution < 1.29 is 4.79 Å². The van der Waals surface area contributed by atoms with Crippen LogP contribution in [0.4, 0.5) is 0 Å². The summed E-state index contributed by atoms with van der Waals surface area (Å²) < 4.78 is 1.79. The van der Waals surface area contributed by atoms with Crippen LogP contribution < -0.4 is 5.32 Å². The van der Waals surface area contributed by atoms with Crippen LogP contribution in [-0.4, -0.2) is 23.5 Å². The van der Waals surface area contributed by atoms with Crippen molar-refractivity contribution in [1.82, 2.24) is 5.32 Å². The summed E-state index contributed by atoms with van der Waals surface area (Å²) in [5, 5.41) is 3.82. The molecule has 2 rings (SSSR count). The van der Waals surface area contributed by atoms with E-state index in [-0.39, 0.29) is 5.91 Å². The van der Waals surface area contributed by atoms with Gasteiger partial charge in [0.15, 0.2) is 0 Å². The molecule has 1 aliphatic carbocycles.